The third-order valence-corrected chi connectivity index (χ3v) is 6.25. The maximum absolute atomic E-state index is 13.4. The van der Waals surface area contributed by atoms with Gasteiger partial charge in [0.05, 0.1) is 34.5 Å². The molecule has 1 saturated heterocycles. The molecule has 3 heterocycles. The summed E-state index contributed by atoms with van der Waals surface area (Å²) in [6, 6.07) is 12.9. The van der Waals surface area contributed by atoms with Gasteiger partial charge in [0, 0.05) is 30.6 Å². The SMILES string of the molecule is C[C@@H]1CS[C@@H](COc2ccc(C#N)cn2)CN1C(=O)c1ccccc1-n1nccn1. The van der Waals surface area contributed by atoms with Crippen molar-refractivity contribution in [1.82, 2.24) is 24.9 Å². The summed E-state index contributed by atoms with van der Waals surface area (Å²) in [7, 11) is 0. The fourth-order valence-electron chi connectivity index (χ4n) is 3.24. The van der Waals surface area contributed by atoms with Gasteiger partial charge in [-0.25, -0.2) is 4.98 Å². The number of pyridine rings is 1. The van der Waals surface area contributed by atoms with Crippen molar-refractivity contribution >= 4 is 17.7 Å². The lowest BCUT2D eigenvalue weighted by Crippen LogP contribution is -2.49. The van der Waals surface area contributed by atoms with E-state index in [2.05, 4.69) is 22.1 Å². The molecule has 30 heavy (non-hydrogen) atoms. The molecule has 9 heteroatoms. The van der Waals surface area contributed by atoms with Crippen LogP contribution in [0.4, 0.5) is 0 Å². The Morgan fingerprint density at radius 1 is 1.27 bits per heavy atom. The Morgan fingerprint density at radius 2 is 2.07 bits per heavy atom. The van der Waals surface area contributed by atoms with Gasteiger partial charge in [-0.3, -0.25) is 4.79 Å². The third kappa shape index (κ3) is 4.28. The molecule has 0 bridgehead atoms. The van der Waals surface area contributed by atoms with Gasteiger partial charge in [-0.2, -0.15) is 32.0 Å². The predicted molar refractivity (Wildman–Crippen MR) is 113 cm³/mol. The second-order valence-corrected chi connectivity index (χ2v) is 8.24. The summed E-state index contributed by atoms with van der Waals surface area (Å²) in [5.74, 6) is 1.25. The van der Waals surface area contributed by atoms with Crippen LogP contribution >= 0.6 is 11.8 Å². The van der Waals surface area contributed by atoms with E-state index >= 15 is 0 Å². The average molecular weight is 420 g/mol. The fraction of sp³-hybridized carbons (Fsp3) is 0.286. The highest BCUT2D eigenvalue weighted by molar-refractivity contribution is 8.00. The van der Waals surface area contributed by atoms with Crippen LogP contribution in [0.15, 0.2) is 55.0 Å². The Labute approximate surface area is 178 Å². The number of thioether (sulfide) groups is 1. The molecular weight excluding hydrogens is 400 g/mol. The number of hydrogen-bond acceptors (Lipinski definition) is 7. The number of nitriles is 1. The quantitative estimate of drug-likeness (QED) is 0.626. The Bertz CT molecular complexity index is 1050. The summed E-state index contributed by atoms with van der Waals surface area (Å²) in [5, 5.41) is 17.3. The summed E-state index contributed by atoms with van der Waals surface area (Å²) in [5.41, 5.74) is 1.72. The molecule has 4 rings (SSSR count). The van der Waals surface area contributed by atoms with E-state index in [1.165, 1.54) is 11.0 Å². The van der Waals surface area contributed by atoms with Crippen LogP contribution in [0.5, 0.6) is 5.88 Å². The molecule has 2 aromatic heterocycles. The van der Waals surface area contributed by atoms with Crippen molar-refractivity contribution in [2.24, 2.45) is 0 Å². The van der Waals surface area contributed by atoms with E-state index in [1.54, 1.807) is 36.3 Å². The van der Waals surface area contributed by atoms with Crippen LogP contribution in [0.1, 0.15) is 22.8 Å². The highest BCUT2D eigenvalue weighted by Gasteiger charge is 2.31. The van der Waals surface area contributed by atoms with Crippen LogP contribution in [-0.2, 0) is 0 Å². The minimum atomic E-state index is -0.0443. The molecule has 1 aromatic carbocycles. The molecule has 152 valence electrons. The van der Waals surface area contributed by atoms with Crippen LogP contribution in [-0.4, -0.2) is 61.0 Å². The molecule has 3 aromatic rings. The first-order valence-electron chi connectivity index (χ1n) is 9.53. The molecule has 0 radical (unpaired) electrons. The van der Waals surface area contributed by atoms with Crippen LogP contribution in [0.25, 0.3) is 5.69 Å². The molecule has 8 nitrogen and oxygen atoms in total. The lowest BCUT2D eigenvalue weighted by Gasteiger charge is -2.37. The monoisotopic (exact) mass is 420 g/mol. The third-order valence-electron chi connectivity index (χ3n) is 4.82. The zero-order chi connectivity index (χ0) is 20.9. The van der Waals surface area contributed by atoms with E-state index < -0.39 is 0 Å². The van der Waals surface area contributed by atoms with Crippen molar-refractivity contribution in [2.45, 2.75) is 18.2 Å². The first-order chi connectivity index (χ1) is 14.7. The minimum Gasteiger partial charge on any atom is -0.476 e. The first-order valence-corrected chi connectivity index (χ1v) is 10.6. The van der Waals surface area contributed by atoms with Gasteiger partial charge in [-0.1, -0.05) is 12.1 Å². The topological polar surface area (TPSA) is 96.9 Å². The maximum atomic E-state index is 13.4. The Hall–Kier alpha value is -3.38. The number of aromatic nitrogens is 4. The average Bonchev–Trinajstić information content (AvgIpc) is 3.33. The molecule has 0 spiro atoms. The van der Waals surface area contributed by atoms with Gasteiger partial charge in [-0.15, -0.1) is 0 Å². The van der Waals surface area contributed by atoms with E-state index in [-0.39, 0.29) is 17.2 Å². The molecule has 0 unspecified atom stereocenters. The number of rotatable bonds is 5. The van der Waals surface area contributed by atoms with Gasteiger partial charge in [0.1, 0.15) is 12.7 Å². The zero-order valence-electron chi connectivity index (χ0n) is 16.4. The zero-order valence-corrected chi connectivity index (χ0v) is 17.2. The van der Waals surface area contributed by atoms with Crippen molar-refractivity contribution in [2.75, 3.05) is 18.9 Å². The van der Waals surface area contributed by atoms with Crippen molar-refractivity contribution in [3.8, 4) is 17.6 Å². The van der Waals surface area contributed by atoms with Gasteiger partial charge in [-0.05, 0) is 25.1 Å². The second kappa shape index (κ2) is 8.97. The molecule has 0 aliphatic carbocycles. The molecule has 1 aliphatic heterocycles. The highest BCUT2D eigenvalue weighted by atomic mass is 32.2. The Morgan fingerprint density at radius 3 is 2.80 bits per heavy atom. The molecule has 1 amide bonds. The van der Waals surface area contributed by atoms with E-state index in [4.69, 9.17) is 10.00 Å². The Kier molecular flexibility index (Phi) is 5.95. The molecule has 2 atom stereocenters. The van der Waals surface area contributed by atoms with E-state index in [9.17, 15) is 4.79 Å². The number of hydrogen-bond donors (Lipinski definition) is 0. The largest absolute Gasteiger partial charge is 0.476 e. The lowest BCUT2D eigenvalue weighted by atomic mass is 10.1. The summed E-state index contributed by atoms with van der Waals surface area (Å²) < 4.78 is 5.79. The van der Waals surface area contributed by atoms with Gasteiger partial charge in [0.2, 0.25) is 5.88 Å². The van der Waals surface area contributed by atoms with Crippen molar-refractivity contribution in [3.63, 3.8) is 0 Å². The molecule has 0 N–H and O–H groups in total. The van der Waals surface area contributed by atoms with Gasteiger partial charge in [0.15, 0.2) is 0 Å². The number of carbonyl (C=O) groups is 1. The maximum Gasteiger partial charge on any atom is 0.256 e. The Balaban J connectivity index is 1.46. The smallest absolute Gasteiger partial charge is 0.256 e. The standard InChI is InChI=1S/C21H20N6O2S/c1-15-14-30-17(13-29-20-7-6-16(10-22)11-23-20)12-26(15)21(28)18-4-2-3-5-19(18)27-24-8-9-25-27/h2-9,11,15,17H,12-14H2,1H3/t15-,17-/m1/s1. The van der Waals surface area contributed by atoms with E-state index in [0.717, 1.165) is 5.75 Å². The normalized spacial score (nSPS) is 18.6. The minimum absolute atomic E-state index is 0.0443. The van der Waals surface area contributed by atoms with Gasteiger partial charge in [0.25, 0.3) is 5.91 Å². The lowest BCUT2D eigenvalue weighted by molar-refractivity contribution is 0.0692. The van der Waals surface area contributed by atoms with Crippen LogP contribution in [0, 0.1) is 11.3 Å². The summed E-state index contributed by atoms with van der Waals surface area (Å²) >= 11 is 1.79. The van der Waals surface area contributed by atoms with E-state index in [1.807, 2.05) is 35.2 Å². The van der Waals surface area contributed by atoms with Crippen LogP contribution in [0.2, 0.25) is 0 Å². The number of carbonyl (C=O) groups excluding carboxylic acids is 1. The summed E-state index contributed by atoms with van der Waals surface area (Å²) in [6.45, 7) is 3.06. The molecular formula is C21H20N6O2S. The van der Waals surface area contributed by atoms with E-state index in [0.29, 0.717) is 35.8 Å². The number of nitrogens with zero attached hydrogens (tertiary/aromatic N) is 6. The van der Waals surface area contributed by atoms with Gasteiger partial charge >= 0.3 is 0 Å². The summed E-state index contributed by atoms with van der Waals surface area (Å²) in [6.07, 6.45) is 4.67. The molecule has 1 fully saturated rings. The predicted octanol–water partition coefficient (Wildman–Crippen LogP) is 2.56. The first kappa shape index (κ1) is 19.9. The number of para-hydroxylation sites is 1. The number of ether oxygens (including phenoxy) is 1. The second-order valence-electron chi connectivity index (χ2n) is 6.91. The van der Waals surface area contributed by atoms with Gasteiger partial charge < -0.3 is 9.64 Å². The molecule has 1 aliphatic rings. The van der Waals surface area contributed by atoms with Crippen molar-refractivity contribution < 1.29 is 9.53 Å². The highest BCUT2D eigenvalue weighted by Crippen LogP contribution is 2.26. The molecule has 0 saturated carbocycles. The van der Waals surface area contributed by atoms with Crippen LogP contribution in [0.3, 0.4) is 0 Å². The van der Waals surface area contributed by atoms with Crippen molar-refractivity contribution in [1.29, 1.82) is 5.26 Å². The fourth-order valence-corrected chi connectivity index (χ4v) is 4.40. The summed E-state index contributed by atoms with van der Waals surface area (Å²) in [4.78, 5) is 20.9. The number of amides is 1. The van der Waals surface area contributed by atoms with Crippen molar-refractivity contribution in [3.05, 3.63) is 66.1 Å². The van der Waals surface area contributed by atoms with Crippen LogP contribution < -0.4 is 4.74 Å². The number of benzene rings is 1.